The number of benzene rings is 2. The molecule has 2 aromatic carbocycles. The topological polar surface area (TPSA) is 75.5 Å². The summed E-state index contributed by atoms with van der Waals surface area (Å²) in [4.78, 5) is 28.0. The van der Waals surface area contributed by atoms with Crippen LogP contribution in [0.4, 0.5) is 17.3 Å². The van der Waals surface area contributed by atoms with Crippen LogP contribution in [-0.4, -0.2) is 65.4 Å². The number of rotatable bonds is 6. The predicted octanol–water partition coefficient (Wildman–Crippen LogP) is 5.09. The Balaban J connectivity index is 1.34. The molecule has 2 fully saturated rings. The summed E-state index contributed by atoms with van der Waals surface area (Å²) in [6, 6.07) is 15.6. The van der Waals surface area contributed by atoms with E-state index in [9.17, 15) is 4.79 Å². The maximum absolute atomic E-state index is 13.8. The summed E-state index contributed by atoms with van der Waals surface area (Å²) < 4.78 is 7.62. The molecule has 9 heteroatoms. The average Bonchev–Trinajstić information content (AvgIpc) is 3.44. The van der Waals surface area contributed by atoms with Gasteiger partial charge in [0.2, 0.25) is 5.95 Å². The van der Waals surface area contributed by atoms with Crippen LogP contribution in [0.5, 0.6) is 0 Å². The van der Waals surface area contributed by atoms with Crippen LogP contribution in [0.2, 0.25) is 5.02 Å². The summed E-state index contributed by atoms with van der Waals surface area (Å²) in [5.74, 6) is 0.449. The Morgan fingerprint density at radius 2 is 1.95 bits per heavy atom. The van der Waals surface area contributed by atoms with E-state index in [0.29, 0.717) is 28.7 Å². The number of hydrogen-bond donors (Lipinski definition) is 1. The standard InChI is InChI=1S/C30H33ClN6O2/c1-20-15-24(8-9-27(20)36-12-10-35(2)11-13-36)33-30-32-18-22-17-26(21-5-3-6-23(31)16-21)29(38)37(28(22)34-30)19-25-7-4-14-39-25/h3,5-6,8-9,15-18,25H,4,7,10-14,19H2,1-2H3,(H,32,33,34)/t25-/m1/s1. The molecule has 8 nitrogen and oxygen atoms in total. The molecule has 0 saturated carbocycles. The fourth-order valence-electron chi connectivity index (χ4n) is 5.51. The molecule has 2 aliphatic rings. The number of nitrogens with one attached hydrogen (secondary N) is 1. The summed E-state index contributed by atoms with van der Waals surface area (Å²) in [7, 11) is 2.17. The molecule has 0 aliphatic carbocycles. The van der Waals surface area contributed by atoms with Gasteiger partial charge in [-0.25, -0.2) is 4.98 Å². The smallest absolute Gasteiger partial charge is 0.260 e. The van der Waals surface area contributed by atoms with Crippen molar-refractivity contribution in [3.63, 3.8) is 0 Å². The van der Waals surface area contributed by atoms with Crippen molar-refractivity contribution in [3.05, 3.63) is 75.7 Å². The highest BCUT2D eigenvalue weighted by atomic mass is 35.5. The molecule has 202 valence electrons. The molecule has 39 heavy (non-hydrogen) atoms. The molecule has 2 aliphatic heterocycles. The zero-order chi connectivity index (χ0) is 26.9. The van der Waals surface area contributed by atoms with E-state index in [-0.39, 0.29) is 11.7 Å². The van der Waals surface area contributed by atoms with Crippen molar-refractivity contribution in [2.45, 2.75) is 32.4 Å². The van der Waals surface area contributed by atoms with Gasteiger partial charge in [0.15, 0.2) is 0 Å². The van der Waals surface area contributed by atoms with Gasteiger partial charge >= 0.3 is 0 Å². The molecule has 4 aromatic rings. The third kappa shape index (κ3) is 5.50. The molecule has 1 N–H and O–H groups in total. The monoisotopic (exact) mass is 544 g/mol. The van der Waals surface area contributed by atoms with Crippen LogP contribution in [0, 0.1) is 6.92 Å². The van der Waals surface area contributed by atoms with Crippen molar-refractivity contribution in [1.29, 1.82) is 0 Å². The minimum absolute atomic E-state index is 0.0170. The largest absolute Gasteiger partial charge is 0.376 e. The van der Waals surface area contributed by atoms with Gasteiger partial charge in [0.25, 0.3) is 5.56 Å². The number of likely N-dealkylation sites (N-methyl/N-ethyl adjacent to an activating group) is 1. The maximum atomic E-state index is 13.8. The second-order valence-corrected chi connectivity index (χ2v) is 10.9. The van der Waals surface area contributed by atoms with Crippen LogP contribution >= 0.6 is 11.6 Å². The molecular formula is C30H33ClN6O2. The number of ether oxygens (including phenoxy) is 1. The van der Waals surface area contributed by atoms with E-state index in [1.165, 1.54) is 11.3 Å². The Bertz CT molecular complexity index is 1560. The predicted molar refractivity (Wildman–Crippen MR) is 157 cm³/mol. The number of hydrogen-bond acceptors (Lipinski definition) is 7. The van der Waals surface area contributed by atoms with Crippen LogP contribution < -0.4 is 15.8 Å². The van der Waals surface area contributed by atoms with E-state index in [1.54, 1.807) is 16.8 Å². The Morgan fingerprint density at radius 3 is 2.69 bits per heavy atom. The number of nitrogens with zero attached hydrogens (tertiary/aromatic N) is 5. The van der Waals surface area contributed by atoms with Gasteiger partial charge in [0, 0.05) is 66.3 Å². The first kappa shape index (κ1) is 25.8. The highest BCUT2D eigenvalue weighted by molar-refractivity contribution is 6.30. The maximum Gasteiger partial charge on any atom is 0.260 e. The quantitative estimate of drug-likeness (QED) is 0.362. The second kappa shape index (κ2) is 11.0. The lowest BCUT2D eigenvalue weighted by atomic mass is 10.1. The normalized spacial score (nSPS) is 18.1. The Labute approximate surface area is 233 Å². The highest BCUT2D eigenvalue weighted by Gasteiger charge is 2.21. The molecule has 0 radical (unpaired) electrons. The Hall–Kier alpha value is -3.46. The fraction of sp³-hybridized carbons (Fsp3) is 0.367. The number of halogens is 1. The van der Waals surface area contributed by atoms with E-state index >= 15 is 0 Å². The molecule has 0 bridgehead atoms. The van der Waals surface area contributed by atoms with E-state index < -0.39 is 0 Å². The van der Waals surface area contributed by atoms with E-state index in [1.807, 2.05) is 24.3 Å². The lowest BCUT2D eigenvalue weighted by Gasteiger charge is -2.35. The fourth-order valence-corrected chi connectivity index (χ4v) is 5.70. The third-order valence-corrected chi connectivity index (χ3v) is 7.90. The van der Waals surface area contributed by atoms with Crippen LogP contribution in [0.25, 0.3) is 22.2 Å². The third-order valence-electron chi connectivity index (χ3n) is 7.67. The van der Waals surface area contributed by atoms with Crippen molar-refractivity contribution < 1.29 is 4.74 Å². The first-order chi connectivity index (χ1) is 18.9. The number of fused-ring (bicyclic) bond motifs is 1. The molecule has 0 amide bonds. The second-order valence-electron chi connectivity index (χ2n) is 10.5. The van der Waals surface area contributed by atoms with Crippen LogP contribution in [-0.2, 0) is 11.3 Å². The zero-order valence-electron chi connectivity index (χ0n) is 22.4. The first-order valence-electron chi connectivity index (χ1n) is 13.5. The highest BCUT2D eigenvalue weighted by Crippen LogP contribution is 2.28. The first-order valence-corrected chi connectivity index (χ1v) is 13.9. The van der Waals surface area contributed by atoms with E-state index in [2.05, 4.69) is 52.3 Å². The Kier molecular flexibility index (Phi) is 7.25. The van der Waals surface area contributed by atoms with Crippen LogP contribution in [0.15, 0.2) is 59.5 Å². The minimum Gasteiger partial charge on any atom is -0.376 e. The van der Waals surface area contributed by atoms with Gasteiger partial charge in [0.05, 0.1) is 12.6 Å². The van der Waals surface area contributed by atoms with Crippen LogP contribution in [0.3, 0.4) is 0 Å². The lowest BCUT2D eigenvalue weighted by Crippen LogP contribution is -2.44. The van der Waals surface area contributed by atoms with E-state index in [4.69, 9.17) is 21.3 Å². The van der Waals surface area contributed by atoms with Gasteiger partial charge < -0.3 is 19.9 Å². The molecule has 2 aromatic heterocycles. The summed E-state index contributed by atoms with van der Waals surface area (Å²) in [5, 5.41) is 4.73. The van der Waals surface area contributed by atoms with Gasteiger partial charge in [-0.15, -0.1) is 0 Å². The molecule has 1 atom stereocenters. The number of aromatic nitrogens is 3. The number of anilines is 3. The molecule has 0 unspecified atom stereocenters. The molecule has 6 rings (SSSR count). The van der Waals surface area contributed by atoms with Gasteiger partial charge in [-0.05, 0) is 74.3 Å². The summed E-state index contributed by atoms with van der Waals surface area (Å²) >= 11 is 6.24. The number of aryl methyl sites for hydroxylation is 1. The zero-order valence-corrected chi connectivity index (χ0v) is 23.1. The SMILES string of the molecule is Cc1cc(Nc2ncc3cc(-c4cccc(Cl)c4)c(=O)n(C[C@H]4CCCO4)c3n2)ccc1N1CCN(C)CC1. The summed E-state index contributed by atoms with van der Waals surface area (Å²) in [6.07, 6.45) is 3.67. The van der Waals surface area contributed by atoms with Crippen molar-refractivity contribution in [2.24, 2.45) is 0 Å². The summed E-state index contributed by atoms with van der Waals surface area (Å²) in [6.45, 7) is 7.48. The van der Waals surface area contributed by atoms with E-state index in [0.717, 1.165) is 62.3 Å². The Morgan fingerprint density at radius 1 is 1.10 bits per heavy atom. The van der Waals surface area contributed by atoms with Gasteiger partial charge in [-0.1, -0.05) is 23.7 Å². The number of piperazine rings is 1. The van der Waals surface area contributed by atoms with Gasteiger partial charge in [-0.3, -0.25) is 9.36 Å². The lowest BCUT2D eigenvalue weighted by molar-refractivity contribution is 0.0971. The van der Waals surface area contributed by atoms with Crippen molar-refractivity contribution in [1.82, 2.24) is 19.4 Å². The minimum atomic E-state index is -0.114. The molecule has 2 saturated heterocycles. The van der Waals surface area contributed by atoms with Crippen molar-refractivity contribution >= 4 is 40.0 Å². The van der Waals surface area contributed by atoms with Gasteiger partial charge in [-0.2, -0.15) is 4.98 Å². The molecule has 4 heterocycles. The van der Waals surface area contributed by atoms with Crippen molar-refractivity contribution in [3.8, 4) is 11.1 Å². The van der Waals surface area contributed by atoms with Crippen molar-refractivity contribution in [2.75, 3.05) is 50.1 Å². The van der Waals surface area contributed by atoms with Gasteiger partial charge in [0.1, 0.15) is 5.65 Å². The summed E-state index contributed by atoms with van der Waals surface area (Å²) in [5.41, 5.74) is 5.19. The van der Waals surface area contributed by atoms with Crippen LogP contribution in [0.1, 0.15) is 18.4 Å². The molecular weight excluding hydrogens is 512 g/mol. The molecule has 0 spiro atoms. The number of pyridine rings is 1. The average molecular weight is 545 g/mol.